The van der Waals surface area contributed by atoms with Gasteiger partial charge >= 0.3 is 0 Å². The van der Waals surface area contributed by atoms with Gasteiger partial charge in [-0.25, -0.2) is 14.2 Å². The minimum absolute atomic E-state index is 0.0302. The Labute approximate surface area is 237 Å². The number of hydrogen-bond acceptors (Lipinski definition) is 5. The van der Waals surface area contributed by atoms with Crippen molar-refractivity contribution in [3.05, 3.63) is 104 Å². The van der Waals surface area contributed by atoms with Crippen LogP contribution in [0.15, 0.2) is 98.1 Å². The zero-order chi connectivity index (χ0) is 27.4. The van der Waals surface area contributed by atoms with Gasteiger partial charge in [-0.2, -0.15) is 5.10 Å². The molecule has 39 heavy (non-hydrogen) atoms. The molecule has 0 aliphatic carbocycles. The summed E-state index contributed by atoms with van der Waals surface area (Å²) in [6.45, 7) is 6.36. The maximum atomic E-state index is 11.5. The number of hydrazone groups is 1. The number of para-hydroxylation sites is 2. The van der Waals surface area contributed by atoms with Crippen LogP contribution in [0.3, 0.4) is 0 Å². The Bertz CT molecular complexity index is 1580. The second-order valence-corrected chi connectivity index (χ2v) is 14.1. The number of non-ortho nitro benzene ring substituents is 1. The summed E-state index contributed by atoms with van der Waals surface area (Å²) in [6, 6.07) is 23.6. The van der Waals surface area contributed by atoms with E-state index in [1.165, 1.54) is 29.1 Å². The molecule has 1 unspecified atom stereocenters. The molecule has 0 aromatic heterocycles. The number of hydrogen-bond donors (Lipinski definition) is 0. The normalized spacial score (nSPS) is 23.9. The SMILES string of the molecule is CN1/C(=C2\C=NN(c3ccccc3)P2(=Nc2ccc([N+](=O)[O-])cc2Br)N2CCCC2)C(C)(C)c2ccccc21. The fourth-order valence-electron chi connectivity index (χ4n) is 6.06. The van der Waals surface area contributed by atoms with Crippen LogP contribution in [-0.4, -0.2) is 35.9 Å². The summed E-state index contributed by atoms with van der Waals surface area (Å²) in [5.41, 5.74) is 5.07. The van der Waals surface area contributed by atoms with Gasteiger partial charge in [0.05, 0.1) is 32.3 Å². The highest BCUT2D eigenvalue weighted by Gasteiger charge is 2.50. The number of benzene rings is 3. The van der Waals surface area contributed by atoms with E-state index in [9.17, 15) is 10.1 Å². The van der Waals surface area contributed by atoms with Crippen LogP contribution in [0.2, 0.25) is 0 Å². The van der Waals surface area contributed by atoms with E-state index in [1.807, 2.05) is 24.4 Å². The fourth-order valence-corrected chi connectivity index (χ4v) is 10.6. The second-order valence-electron chi connectivity index (χ2n) is 10.5. The number of likely N-dealkylation sites (N-methyl/N-ethyl adjacent to an activating group) is 1. The lowest BCUT2D eigenvalue weighted by molar-refractivity contribution is -0.384. The van der Waals surface area contributed by atoms with E-state index >= 15 is 0 Å². The second kappa shape index (κ2) is 9.73. The molecule has 200 valence electrons. The van der Waals surface area contributed by atoms with Crippen LogP contribution in [0.4, 0.5) is 22.7 Å². The third-order valence-electron chi connectivity index (χ3n) is 7.84. The molecule has 1 fully saturated rings. The van der Waals surface area contributed by atoms with Gasteiger partial charge in [0, 0.05) is 49.1 Å². The summed E-state index contributed by atoms with van der Waals surface area (Å²) >= 11 is 3.61. The Morgan fingerprint density at radius 1 is 1.03 bits per heavy atom. The lowest BCUT2D eigenvalue weighted by Gasteiger charge is -2.39. The van der Waals surface area contributed by atoms with Gasteiger partial charge in [0.25, 0.3) is 5.69 Å². The highest BCUT2D eigenvalue weighted by atomic mass is 79.9. The van der Waals surface area contributed by atoms with Crippen molar-refractivity contribution >= 4 is 52.2 Å². The molecule has 3 aliphatic rings. The summed E-state index contributed by atoms with van der Waals surface area (Å²) in [4.78, 5) is 13.4. The third-order valence-corrected chi connectivity index (χ3v) is 12.0. The topological polar surface area (TPSA) is 77.6 Å². The van der Waals surface area contributed by atoms with Crippen LogP contribution in [0.5, 0.6) is 0 Å². The van der Waals surface area contributed by atoms with E-state index < -0.39 is 7.36 Å². The first kappa shape index (κ1) is 26.0. The number of nitro benzene ring substituents is 1. The van der Waals surface area contributed by atoms with Gasteiger partial charge in [0.1, 0.15) is 0 Å². The molecule has 0 radical (unpaired) electrons. The molecule has 3 aromatic carbocycles. The van der Waals surface area contributed by atoms with Crippen LogP contribution < -0.4 is 9.68 Å². The maximum absolute atomic E-state index is 11.5. The maximum Gasteiger partial charge on any atom is 0.270 e. The lowest BCUT2D eigenvalue weighted by Crippen LogP contribution is -2.30. The number of anilines is 2. The summed E-state index contributed by atoms with van der Waals surface area (Å²) in [5.74, 6) is 0. The van der Waals surface area contributed by atoms with Gasteiger partial charge in [-0.1, -0.05) is 50.2 Å². The van der Waals surface area contributed by atoms with E-state index in [4.69, 9.17) is 9.85 Å². The van der Waals surface area contributed by atoms with Gasteiger partial charge in [-0.3, -0.25) is 10.1 Å². The zero-order valence-electron chi connectivity index (χ0n) is 22.2. The molecule has 3 heterocycles. The molecule has 3 aromatic rings. The average molecular weight is 605 g/mol. The van der Waals surface area contributed by atoms with Crippen molar-refractivity contribution in [1.29, 1.82) is 0 Å². The largest absolute Gasteiger partial charge is 0.346 e. The van der Waals surface area contributed by atoms with Crippen molar-refractivity contribution < 1.29 is 4.92 Å². The smallest absolute Gasteiger partial charge is 0.270 e. The molecular formula is C29H30BrN6O2P. The monoisotopic (exact) mass is 604 g/mol. The number of rotatable bonds is 4. The van der Waals surface area contributed by atoms with Gasteiger partial charge in [0.15, 0.2) is 7.36 Å². The Hall–Kier alpha value is -3.26. The average Bonchev–Trinajstić information content (AvgIpc) is 3.63. The lowest BCUT2D eigenvalue weighted by atomic mass is 9.84. The standard InChI is InChI=1S/C29H30BrN6O2P/c1-29(2)23-13-7-8-14-26(23)33(3)28(29)27-20-31-35(21-11-5-4-6-12-21)39(27,34-17-9-10-18-34)32-25-16-15-22(36(37)38)19-24(25)30/h4-8,11-16,19-20H,9-10,17-18H2,1-3H3/b28-27+. The molecule has 0 spiro atoms. The number of fused-ring (bicyclic) bond motifs is 1. The molecule has 6 rings (SSSR count). The molecule has 1 atom stereocenters. The molecule has 0 saturated carbocycles. The molecule has 0 bridgehead atoms. The highest BCUT2D eigenvalue weighted by molar-refractivity contribution is 9.10. The Morgan fingerprint density at radius 3 is 2.38 bits per heavy atom. The van der Waals surface area contributed by atoms with E-state index in [-0.39, 0.29) is 16.0 Å². The van der Waals surface area contributed by atoms with Gasteiger partial charge in [-0.15, -0.1) is 0 Å². The van der Waals surface area contributed by atoms with Crippen molar-refractivity contribution in [3.8, 4) is 0 Å². The van der Waals surface area contributed by atoms with Crippen molar-refractivity contribution in [2.75, 3.05) is 29.8 Å². The van der Waals surface area contributed by atoms with Crippen LogP contribution in [-0.2, 0) is 5.41 Å². The predicted molar refractivity (Wildman–Crippen MR) is 163 cm³/mol. The molecular weight excluding hydrogens is 575 g/mol. The quantitative estimate of drug-likeness (QED) is 0.170. The van der Waals surface area contributed by atoms with Gasteiger partial charge in [0.2, 0.25) is 0 Å². The fraction of sp³-hybridized carbons (Fsp3) is 0.276. The summed E-state index contributed by atoms with van der Waals surface area (Å²) in [5, 5.41) is 17.7. The first-order chi connectivity index (χ1) is 18.7. The Kier molecular flexibility index (Phi) is 6.49. The zero-order valence-corrected chi connectivity index (χ0v) is 24.6. The van der Waals surface area contributed by atoms with Crippen LogP contribution in [0, 0.1) is 10.1 Å². The van der Waals surface area contributed by atoms with Gasteiger partial charge in [-0.05, 0) is 58.6 Å². The molecule has 10 heteroatoms. The number of nitro groups is 1. The third kappa shape index (κ3) is 4.06. The van der Waals surface area contributed by atoms with Gasteiger partial charge < -0.3 is 4.90 Å². The number of allylic oxidation sites excluding steroid dienone is 2. The summed E-state index contributed by atoms with van der Waals surface area (Å²) in [7, 11) is -0.577. The summed E-state index contributed by atoms with van der Waals surface area (Å²) in [6.07, 6.45) is 4.19. The Balaban J connectivity index is 1.69. The van der Waals surface area contributed by atoms with E-state index in [2.05, 4.69) is 87.6 Å². The van der Waals surface area contributed by atoms with E-state index in [0.29, 0.717) is 10.2 Å². The summed E-state index contributed by atoms with van der Waals surface area (Å²) < 4.78 is 10.8. The Morgan fingerprint density at radius 2 is 1.72 bits per heavy atom. The molecule has 0 N–H and O–H groups in total. The minimum atomic E-state index is -2.71. The molecule has 1 saturated heterocycles. The molecule has 0 amide bonds. The van der Waals surface area contributed by atoms with Crippen molar-refractivity contribution in [2.45, 2.75) is 32.1 Å². The van der Waals surface area contributed by atoms with Crippen molar-refractivity contribution in [1.82, 2.24) is 4.67 Å². The van der Waals surface area contributed by atoms with E-state index in [1.54, 1.807) is 6.07 Å². The van der Waals surface area contributed by atoms with Crippen LogP contribution in [0.1, 0.15) is 32.3 Å². The van der Waals surface area contributed by atoms with Crippen LogP contribution >= 0.6 is 23.3 Å². The first-order valence-electron chi connectivity index (χ1n) is 13.0. The molecule has 3 aliphatic heterocycles. The van der Waals surface area contributed by atoms with Crippen molar-refractivity contribution in [2.24, 2.45) is 9.85 Å². The predicted octanol–water partition coefficient (Wildman–Crippen LogP) is 8.26. The number of nitrogens with zero attached hydrogens (tertiary/aromatic N) is 6. The van der Waals surface area contributed by atoms with Crippen molar-refractivity contribution in [3.63, 3.8) is 0 Å². The number of halogens is 1. The van der Waals surface area contributed by atoms with E-state index in [0.717, 1.165) is 36.9 Å². The van der Waals surface area contributed by atoms with Crippen LogP contribution in [0.25, 0.3) is 0 Å². The first-order valence-corrected chi connectivity index (χ1v) is 15.5. The highest BCUT2D eigenvalue weighted by Crippen LogP contribution is 2.71. The molecule has 8 nitrogen and oxygen atoms in total. The minimum Gasteiger partial charge on any atom is -0.346 e.